The van der Waals surface area contributed by atoms with Gasteiger partial charge in [-0.15, -0.1) is 0 Å². The van der Waals surface area contributed by atoms with E-state index >= 15 is 0 Å². The van der Waals surface area contributed by atoms with E-state index in [1.165, 1.54) is 5.56 Å². The topological polar surface area (TPSA) is 65.3 Å². The summed E-state index contributed by atoms with van der Waals surface area (Å²) >= 11 is 0. The Morgan fingerprint density at radius 2 is 1.55 bits per heavy atom. The lowest BCUT2D eigenvalue weighted by Gasteiger charge is -2.38. The van der Waals surface area contributed by atoms with E-state index in [1.807, 2.05) is 30.0 Å². The van der Waals surface area contributed by atoms with Gasteiger partial charge in [0.05, 0.1) is 19.3 Å². The highest BCUT2D eigenvalue weighted by atomic mass is 16.5. The van der Waals surface area contributed by atoms with E-state index in [2.05, 4.69) is 32.0 Å². The molecule has 168 valence electrons. The normalized spacial score (nSPS) is 19.0. The minimum atomic E-state index is 0.254. The van der Waals surface area contributed by atoms with E-state index < -0.39 is 0 Å². The monoisotopic (exact) mass is 427 g/mol. The van der Waals surface area contributed by atoms with Crippen molar-refractivity contribution in [2.24, 2.45) is 0 Å². The molecule has 0 unspecified atom stereocenters. The van der Waals surface area contributed by atoms with Crippen LogP contribution < -0.4 is 4.74 Å². The quantitative estimate of drug-likeness (QED) is 0.663. The summed E-state index contributed by atoms with van der Waals surface area (Å²) in [6.45, 7) is 11.4. The van der Waals surface area contributed by atoms with Crippen LogP contribution in [0.3, 0.4) is 0 Å². The van der Waals surface area contributed by atoms with Crippen LogP contribution in [-0.2, 0) is 17.9 Å². The van der Waals surface area contributed by atoms with Gasteiger partial charge in [-0.05, 0) is 24.6 Å². The largest absolute Gasteiger partial charge is 0.497 e. The highest BCUT2D eigenvalue weighted by Gasteiger charge is 2.25. The Morgan fingerprint density at radius 3 is 2.16 bits per heavy atom. The number of nitrogens with zero attached hydrogens (tertiary/aromatic N) is 5. The van der Waals surface area contributed by atoms with Gasteiger partial charge in [-0.2, -0.15) is 0 Å². The molecule has 1 aromatic carbocycles. The zero-order valence-electron chi connectivity index (χ0n) is 18.6. The van der Waals surface area contributed by atoms with Gasteiger partial charge in [0.1, 0.15) is 11.5 Å². The summed E-state index contributed by atoms with van der Waals surface area (Å²) in [6.07, 6.45) is 0. The molecule has 31 heavy (non-hydrogen) atoms. The van der Waals surface area contributed by atoms with Gasteiger partial charge in [-0.3, -0.25) is 19.5 Å². The molecule has 2 aromatic rings. The van der Waals surface area contributed by atoms with Gasteiger partial charge in [0, 0.05) is 71.5 Å². The third kappa shape index (κ3) is 6.06. The third-order valence-electron chi connectivity index (χ3n) is 6.18. The van der Waals surface area contributed by atoms with E-state index in [1.54, 1.807) is 7.11 Å². The Balaban J connectivity index is 1.15. The van der Waals surface area contributed by atoms with Crippen LogP contribution >= 0.6 is 0 Å². The van der Waals surface area contributed by atoms with Crippen molar-refractivity contribution < 1.29 is 14.1 Å². The number of methoxy groups -OCH3 is 1. The average molecular weight is 428 g/mol. The number of rotatable bonds is 7. The van der Waals surface area contributed by atoms with Crippen molar-refractivity contribution >= 4 is 5.91 Å². The maximum absolute atomic E-state index is 12.8. The van der Waals surface area contributed by atoms with Crippen molar-refractivity contribution in [2.75, 3.05) is 66.0 Å². The van der Waals surface area contributed by atoms with Crippen LogP contribution in [0.5, 0.6) is 5.75 Å². The summed E-state index contributed by atoms with van der Waals surface area (Å²) < 4.78 is 10.4. The lowest BCUT2D eigenvalue weighted by molar-refractivity contribution is -0.134. The lowest BCUT2D eigenvalue weighted by Crippen LogP contribution is -2.53. The highest BCUT2D eigenvalue weighted by Crippen LogP contribution is 2.15. The van der Waals surface area contributed by atoms with Crippen molar-refractivity contribution in [1.29, 1.82) is 0 Å². The minimum absolute atomic E-state index is 0.254. The number of aryl methyl sites for hydroxylation is 1. The molecule has 8 heteroatoms. The number of benzene rings is 1. The Labute approximate surface area is 184 Å². The predicted molar refractivity (Wildman–Crippen MR) is 118 cm³/mol. The second kappa shape index (κ2) is 10.3. The number of aromatic nitrogens is 1. The molecule has 0 spiro atoms. The first kappa shape index (κ1) is 21.8. The molecule has 1 aromatic heterocycles. The van der Waals surface area contributed by atoms with Gasteiger partial charge in [0.15, 0.2) is 0 Å². The highest BCUT2D eigenvalue weighted by molar-refractivity contribution is 5.78. The smallest absolute Gasteiger partial charge is 0.236 e. The molecular weight excluding hydrogens is 394 g/mol. The molecule has 1 amide bonds. The molecule has 0 radical (unpaired) electrons. The molecular formula is C23H33N5O3. The summed E-state index contributed by atoms with van der Waals surface area (Å²) in [7, 11) is 1.69. The summed E-state index contributed by atoms with van der Waals surface area (Å²) in [5, 5.41) is 4.08. The Kier molecular flexibility index (Phi) is 7.21. The molecule has 2 saturated heterocycles. The third-order valence-corrected chi connectivity index (χ3v) is 6.18. The van der Waals surface area contributed by atoms with Crippen molar-refractivity contribution in [3.8, 4) is 5.75 Å². The van der Waals surface area contributed by atoms with Crippen LogP contribution in [0.15, 0.2) is 34.9 Å². The maximum atomic E-state index is 12.8. The van der Waals surface area contributed by atoms with Crippen LogP contribution in [0, 0.1) is 6.92 Å². The van der Waals surface area contributed by atoms with Crippen molar-refractivity contribution in [1.82, 2.24) is 24.8 Å². The van der Waals surface area contributed by atoms with Gasteiger partial charge < -0.3 is 14.2 Å². The molecule has 0 saturated carbocycles. The Morgan fingerprint density at radius 1 is 0.935 bits per heavy atom. The Bertz CT molecular complexity index is 837. The first-order valence-electron chi connectivity index (χ1n) is 11.1. The number of ether oxygens (including phenoxy) is 1. The number of piperazine rings is 2. The van der Waals surface area contributed by atoms with Crippen LogP contribution in [0.25, 0.3) is 0 Å². The molecule has 2 aliphatic heterocycles. The van der Waals surface area contributed by atoms with E-state index in [-0.39, 0.29) is 5.91 Å². The van der Waals surface area contributed by atoms with Gasteiger partial charge in [-0.25, -0.2) is 0 Å². The fourth-order valence-electron chi connectivity index (χ4n) is 4.26. The first-order chi connectivity index (χ1) is 15.1. The van der Waals surface area contributed by atoms with Gasteiger partial charge in [0.2, 0.25) is 5.91 Å². The van der Waals surface area contributed by atoms with Gasteiger partial charge in [0.25, 0.3) is 0 Å². The molecule has 0 bridgehead atoms. The van der Waals surface area contributed by atoms with E-state index in [4.69, 9.17) is 9.26 Å². The molecule has 0 aliphatic carbocycles. The molecule has 4 rings (SSSR count). The SMILES string of the molecule is COc1ccc(CN2CCN(C(=O)CN3CCN(Cc4cc(C)on4)CC3)CC2)cc1. The molecule has 8 nitrogen and oxygen atoms in total. The summed E-state index contributed by atoms with van der Waals surface area (Å²) in [6, 6.07) is 10.2. The minimum Gasteiger partial charge on any atom is -0.497 e. The summed E-state index contributed by atoms with van der Waals surface area (Å²) in [5.41, 5.74) is 2.26. The van der Waals surface area contributed by atoms with Crippen molar-refractivity contribution in [3.63, 3.8) is 0 Å². The zero-order valence-corrected chi connectivity index (χ0v) is 18.6. The van der Waals surface area contributed by atoms with E-state index in [9.17, 15) is 4.79 Å². The second-order valence-electron chi connectivity index (χ2n) is 8.49. The van der Waals surface area contributed by atoms with E-state index in [0.717, 1.165) is 82.7 Å². The predicted octanol–water partition coefficient (Wildman–Crippen LogP) is 1.45. The lowest BCUT2D eigenvalue weighted by atomic mass is 10.2. The van der Waals surface area contributed by atoms with Crippen molar-refractivity contribution in [2.45, 2.75) is 20.0 Å². The van der Waals surface area contributed by atoms with Crippen LogP contribution in [0.1, 0.15) is 17.0 Å². The van der Waals surface area contributed by atoms with Crippen LogP contribution in [0.4, 0.5) is 0 Å². The van der Waals surface area contributed by atoms with Crippen LogP contribution in [0.2, 0.25) is 0 Å². The van der Waals surface area contributed by atoms with Gasteiger partial charge >= 0.3 is 0 Å². The maximum Gasteiger partial charge on any atom is 0.236 e. The number of carbonyl (C=O) groups is 1. The molecule has 2 fully saturated rings. The van der Waals surface area contributed by atoms with Crippen LogP contribution in [-0.4, -0.2) is 96.7 Å². The molecule has 0 N–H and O–H groups in total. The Hall–Kier alpha value is -2.42. The molecule has 3 heterocycles. The van der Waals surface area contributed by atoms with Gasteiger partial charge in [-0.1, -0.05) is 17.3 Å². The fraction of sp³-hybridized carbons (Fsp3) is 0.565. The second-order valence-corrected chi connectivity index (χ2v) is 8.49. The number of hydrogen-bond acceptors (Lipinski definition) is 7. The zero-order chi connectivity index (χ0) is 21.6. The average Bonchev–Trinajstić information content (AvgIpc) is 3.20. The number of carbonyl (C=O) groups excluding carboxylic acids is 1. The van der Waals surface area contributed by atoms with E-state index in [0.29, 0.717) is 6.54 Å². The standard InChI is InChI=1S/C23H33N5O3/c1-19-15-21(24-31-19)17-26-7-9-27(10-8-26)18-23(29)28-13-11-25(12-14-28)16-20-3-5-22(30-2)6-4-20/h3-6,15H,7-14,16-18H2,1-2H3. The number of amides is 1. The summed E-state index contributed by atoms with van der Waals surface area (Å²) in [4.78, 5) is 21.9. The summed E-state index contributed by atoms with van der Waals surface area (Å²) in [5.74, 6) is 1.99. The first-order valence-corrected chi connectivity index (χ1v) is 11.1. The fourth-order valence-corrected chi connectivity index (χ4v) is 4.26. The van der Waals surface area contributed by atoms with Crippen molar-refractivity contribution in [3.05, 3.63) is 47.3 Å². The molecule has 0 atom stereocenters. The molecule has 2 aliphatic rings. The number of hydrogen-bond donors (Lipinski definition) is 0.